The maximum absolute atomic E-state index is 4.39. The molecule has 0 bridgehead atoms. The summed E-state index contributed by atoms with van der Waals surface area (Å²) in [5.74, 6) is 1.89. The number of rotatable bonds is 2. The zero-order chi connectivity index (χ0) is 10.7. The van der Waals surface area contributed by atoms with Gasteiger partial charge in [-0.05, 0) is 37.3 Å². The third kappa shape index (κ3) is 2.95. The van der Waals surface area contributed by atoms with Crippen LogP contribution in [0.25, 0.3) is 0 Å². The van der Waals surface area contributed by atoms with E-state index in [0.717, 1.165) is 11.7 Å². The van der Waals surface area contributed by atoms with Gasteiger partial charge in [0, 0.05) is 12.2 Å². The summed E-state index contributed by atoms with van der Waals surface area (Å²) in [6.45, 7) is 4.41. The third-order valence-electron chi connectivity index (χ3n) is 3.20. The Kier molecular flexibility index (Phi) is 3.24. The quantitative estimate of drug-likeness (QED) is 0.798. The summed E-state index contributed by atoms with van der Waals surface area (Å²) in [5.41, 5.74) is 1.22. The highest BCUT2D eigenvalue weighted by Crippen LogP contribution is 2.25. The molecule has 2 heteroatoms. The van der Waals surface area contributed by atoms with E-state index in [1.54, 1.807) is 0 Å². The van der Waals surface area contributed by atoms with Crippen LogP contribution >= 0.6 is 0 Å². The number of anilines is 1. The summed E-state index contributed by atoms with van der Waals surface area (Å²) in [5, 5.41) is 3.53. The molecule has 1 fully saturated rings. The molecule has 1 saturated carbocycles. The van der Waals surface area contributed by atoms with Gasteiger partial charge in [0.15, 0.2) is 0 Å². The lowest BCUT2D eigenvalue weighted by atomic mass is 9.87. The number of aryl methyl sites for hydroxylation is 1. The predicted molar refractivity (Wildman–Crippen MR) is 64.0 cm³/mol. The van der Waals surface area contributed by atoms with E-state index in [-0.39, 0.29) is 0 Å². The first kappa shape index (κ1) is 10.5. The van der Waals surface area contributed by atoms with E-state index in [9.17, 15) is 0 Å². The molecule has 0 saturated heterocycles. The van der Waals surface area contributed by atoms with Crippen molar-refractivity contribution < 1.29 is 0 Å². The van der Waals surface area contributed by atoms with Crippen molar-refractivity contribution >= 4 is 5.82 Å². The van der Waals surface area contributed by atoms with Gasteiger partial charge in [0.2, 0.25) is 0 Å². The molecular weight excluding hydrogens is 184 g/mol. The lowest BCUT2D eigenvalue weighted by Gasteiger charge is -2.27. The molecule has 0 radical (unpaired) electrons. The van der Waals surface area contributed by atoms with Crippen molar-refractivity contribution in [3.05, 3.63) is 23.9 Å². The van der Waals surface area contributed by atoms with Crippen LogP contribution in [0, 0.1) is 12.8 Å². The van der Waals surface area contributed by atoms with Crippen molar-refractivity contribution in [1.29, 1.82) is 0 Å². The van der Waals surface area contributed by atoms with Crippen LogP contribution in [0.15, 0.2) is 18.3 Å². The monoisotopic (exact) mass is 204 g/mol. The maximum atomic E-state index is 4.39. The summed E-state index contributed by atoms with van der Waals surface area (Å²) in [6, 6.07) is 4.82. The first-order valence-electron chi connectivity index (χ1n) is 5.93. The van der Waals surface area contributed by atoms with Gasteiger partial charge < -0.3 is 5.32 Å². The fourth-order valence-electron chi connectivity index (χ4n) is 2.33. The van der Waals surface area contributed by atoms with E-state index < -0.39 is 0 Å². The highest BCUT2D eigenvalue weighted by atomic mass is 15.0. The lowest BCUT2D eigenvalue weighted by molar-refractivity contribution is 0.358. The topological polar surface area (TPSA) is 24.9 Å². The van der Waals surface area contributed by atoms with Crippen LogP contribution in [0.1, 0.15) is 38.2 Å². The average molecular weight is 204 g/mol. The first-order chi connectivity index (χ1) is 7.24. The molecule has 2 rings (SSSR count). The molecule has 1 aromatic rings. The molecule has 1 N–H and O–H groups in total. The Morgan fingerprint density at radius 1 is 1.33 bits per heavy atom. The van der Waals surface area contributed by atoms with Crippen LogP contribution < -0.4 is 5.32 Å². The van der Waals surface area contributed by atoms with Crippen LogP contribution in [0.2, 0.25) is 0 Å². The average Bonchev–Trinajstić information content (AvgIpc) is 2.22. The van der Waals surface area contributed by atoms with Gasteiger partial charge in [-0.3, -0.25) is 0 Å². The molecule has 2 atom stereocenters. The van der Waals surface area contributed by atoms with Gasteiger partial charge in [0.1, 0.15) is 5.82 Å². The van der Waals surface area contributed by atoms with Crippen LogP contribution in [0.3, 0.4) is 0 Å². The van der Waals surface area contributed by atoms with E-state index in [2.05, 4.69) is 36.3 Å². The van der Waals surface area contributed by atoms with Crippen LogP contribution in [0.4, 0.5) is 5.82 Å². The Morgan fingerprint density at radius 3 is 2.87 bits per heavy atom. The lowest BCUT2D eigenvalue weighted by Crippen LogP contribution is -2.26. The van der Waals surface area contributed by atoms with Gasteiger partial charge in [-0.15, -0.1) is 0 Å². The van der Waals surface area contributed by atoms with Crippen LogP contribution in [0.5, 0.6) is 0 Å². The summed E-state index contributed by atoms with van der Waals surface area (Å²) in [7, 11) is 0. The van der Waals surface area contributed by atoms with Gasteiger partial charge in [0.25, 0.3) is 0 Å². The largest absolute Gasteiger partial charge is 0.367 e. The van der Waals surface area contributed by atoms with Crippen molar-refractivity contribution in [3.63, 3.8) is 0 Å². The first-order valence-corrected chi connectivity index (χ1v) is 5.93. The maximum Gasteiger partial charge on any atom is 0.126 e. The summed E-state index contributed by atoms with van der Waals surface area (Å²) in [6.07, 6.45) is 7.24. The van der Waals surface area contributed by atoms with Crippen molar-refractivity contribution in [2.24, 2.45) is 5.92 Å². The molecule has 82 valence electrons. The van der Waals surface area contributed by atoms with E-state index in [4.69, 9.17) is 0 Å². The highest BCUT2D eigenvalue weighted by molar-refractivity contribution is 5.36. The number of pyridine rings is 1. The van der Waals surface area contributed by atoms with Gasteiger partial charge in [-0.25, -0.2) is 4.98 Å². The number of hydrogen-bond donors (Lipinski definition) is 1. The van der Waals surface area contributed by atoms with Crippen LogP contribution in [-0.4, -0.2) is 11.0 Å². The summed E-state index contributed by atoms with van der Waals surface area (Å²) in [4.78, 5) is 4.39. The molecule has 1 heterocycles. The summed E-state index contributed by atoms with van der Waals surface area (Å²) >= 11 is 0. The van der Waals surface area contributed by atoms with Crippen molar-refractivity contribution in [3.8, 4) is 0 Å². The molecule has 0 spiro atoms. The fourth-order valence-corrected chi connectivity index (χ4v) is 2.33. The normalized spacial score (nSPS) is 26.3. The van der Waals surface area contributed by atoms with Gasteiger partial charge in [0.05, 0.1) is 0 Å². The van der Waals surface area contributed by atoms with Gasteiger partial charge >= 0.3 is 0 Å². The standard InChI is InChI=1S/C13H20N2/c1-10-4-3-5-12(8-10)15-13-7-6-11(2)9-14-13/h6-7,9-10,12H,3-5,8H2,1-2H3,(H,14,15). The predicted octanol–water partition coefficient (Wildman–Crippen LogP) is 3.38. The second-order valence-electron chi connectivity index (χ2n) is 4.83. The molecule has 1 aliphatic rings. The van der Waals surface area contributed by atoms with Crippen molar-refractivity contribution in [1.82, 2.24) is 4.98 Å². The second-order valence-corrected chi connectivity index (χ2v) is 4.83. The van der Waals surface area contributed by atoms with Crippen molar-refractivity contribution in [2.45, 2.75) is 45.6 Å². The van der Waals surface area contributed by atoms with Crippen LogP contribution in [-0.2, 0) is 0 Å². The fraction of sp³-hybridized carbons (Fsp3) is 0.615. The molecule has 0 aliphatic heterocycles. The van der Waals surface area contributed by atoms with Crippen molar-refractivity contribution in [2.75, 3.05) is 5.32 Å². The van der Waals surface area contributed by atoms with E-state index in [0.29, 0.717) is 6.04 Å². The Labute approximate surface area is 92.1 Å². The van der Waals surface area contributed by atoms with Gasteiger partial charge in [-0.1, -0.05) is 25.8 Å². The molecule has 0 aromatic carbocycles. The molecular formula is C13H20N2. The molecule has 0 amide bonds. The molecule has 15 heavy (non-hydrogen) atoms. The smallest absolute Gasteiger partial charge is 0.126 e. The molecule has 2 unspecified atom stereocenters. The van der Waals surface area contributed by atoms with E-state index in [1.165, 1.54) is 31.2 Å². The highest BCUT2D eigenvalue weighted by Gasteiger charge is 2.18. The van der Waals surface area contributed by atoms with E-state index >= 15 is 0 Å². The Balaban J connectivity index is 1.93. The minimum atomic E-state index is 0.629. The molecule has 2 nitrogen and oxygen atoms in total. The minimum absolute atomic E-state index is 0.629. The zero-order valence-corrected chi connectivity index (χ0v) is 9.66. The second kappa shape index (κ2) is 4.65. The Hall–Kier alpha value is -1.05. The summed E-state index contributed by atoms with van der Waals surface area (Å²) < 4.78 is 0. The molecule has 1 aromatic heterocycles. The van der Waals surface area contributed by atoms with Gasteiger partial charge in [-0.2, -0.15) is 0 Å². The Bertz CT molecular complexity index is 305. The SMILES string of the molecule is Cc1ccc(NC2CCCC(C)C2)nc1. The van der Waals surface area contributed by atoms with E-state index in [1.807, 2.05) is 6.20 Å². The number of hydrogen-bond acceptors (Lipinski definition) is 2. The number of nitrogens with zero attached hydrogens (tertiary/aromatic N) is 1. The Morgan fingerprint density at radius 2 is 2.20 bits per heavy atom. The molecule has 1 aliphatic carbocycles. The zero-order valence-electron chi connectivity index (χ0n) is 9.66. The third-order valence-corrected chi connectivity index (χ3v) is 3.20. The number of nitrogens with one attached hydrogen (secondary N) is 1. The number of aromatic nitrogens is 1. The minimum Gasteiger partial charge on any atom is -0.367 e.